The maximum Gasteiger partial charge on any atom is 0.257 e. The lowest BCUT2D eigenvalue weighted by molar-refractivity contribution is 0.0752. The number of carbonyl (C=O) groups excluding carboxylic acids is 2. The molecule has 0 atom stereocenters. The molecule has 1 aromatic carbocycles. The van der Waals surface area contributed by atoms with E-state index in [1.807, 2.05) is 13.8 Å². The first-order valence-electron chi connectivity index (χ1n) is 6.82. The monoisotopic (exact) mass is 278 g/mol. The lowest BCUT2D eigenvalue weighted by Gasteiger charge is -2.23. The number of hydrogen-bond acceptors (Lipinski definition) is 3. The smallest absolute Gasteiger partial charge is 0.257 e. The van der Waals surface area contributed by atoms with E-state index in [9.17, 15) is 9.59 Å². The van der Waals surface area contributed by atoms with Crippen LogP contribution in [0.4, 0.5) is 0 Å². The summed E-state index contributed by atoms with van der Waals surface area (Å²) in [4.78, 5) is 25.7. The number of nitrogens with zero attached hydrogens (tertiary/aromatic N) is 1. The Balaban J connectivity index is 3.20. The van der Waals surface area contributed by atoms with Gasteiger partial charge in [-0.1, -0.05) is 19.9 Å². The summed E-state index contributed by atoms with van der Waals surface area (Å²) in [7, 11) is 1.43. The third-order valence-corrected chi connectivity index (χ3v) is 2.99. The Bertz CT molecular complexity index is 480. The van der Waals surface area contributed by atoms with E-state index < -0.39 is 5.91 Å². The van der Waals surface area contributed by atoms with Crippen LogP contribution in [0.15, 0.2) is 18.2 Å². The van der Waals surface area contributed by atoms with Gasteiger partial charge in [0.25, 0.3) is 11.8 Å². The van der Waals surface area contributed by atoms with E-state index in [1.54, 1.807) is 23.1 Å². The molecule has 0 aliphatic heterocycles. The molecule has 5 nitrogen and oxygen atoms in total. The van der Waals surface area contributed by atoms with E-state index in [0.717, 1.165) is 12.8 Å². The molecule has 0 bridgehead atoms. The van der Waals surface area contributed by atoms with Crippen LogP contribution in [0.5, 0.6) is 5.75 Å². The zero-order chi connectivity index (χ0) is 15.1. The Morgan fingerprint density at radius 3 is 2.15 bits per heavy atom. The largest absolute Gasteiger partial charge is 0.495 e. The van der Waals surface area contributed by atoms with Crippen molar-refractivity contribution in [1.29, 1.82) is 0 Å². The quantitative estimate of drug-likeness (QED) is 0.829. The third-order valence-electron chi connectivity index (χ3n) is 2.99. The Kier molecular flexibility index (Phi) is 6.03. The fourth-order valence-electron chi connectivity index (χ4n) is 2.14. The van der Waals surface area contributed by atoms with Crippen molar-refractivity contribution in [3.63, 3.8) is 0 Å². The second kappa shape index (κ2) is 7.53. The van der Waals surface area contributed by atoms with Crippen LogP contribution in [0.3, 0.4) is 0 Å². The van der Waals surface area contributed by atoms with Gasteiger partial charge in [-0.05, 0) is 25.0 Å². The number of para-hydroxylation sites is 1. The normalized spacial score (nSPS) is 10.2. The van der Waals surface area contributed by atoms with Gasteiger partial charge in [0, 0.05) is 13.1 Å². The van der Waals surface area contributed by atoms with Gasteiger partial charge in [0.1, 0.15) is 5.75 Å². The first-order valence-corrected chi connectivity index (χ1v) is 6.82. The Morgan fingerprint density at radius 2 is 1.70 bits per heavy atom. The maximum atomic E-state index is 12.6. The average molecular weight is 278 g/mol. The number of methoxy groups -OCH3 is 1. The topological polar surface area (TPSA) is 72.6 Å². The van der Waals surface area contributed by atoms with E-state index in [1.165, 1.54) is 7.11 Å². The average Bonchev–Trinajstić information content (AvgIpc) is 2.45. The van der Waals surface area contributed by atoms with Crippen LogP contribution in [0.25, 0.3) is 0 Å². The summed E-state index contributed by atoms with van der Waals surface area (Å²) in [5.41, 5.74) is 5.92. The fourth-order valence-corrected chi connectivity index (χ4v) is 2.14. The van der Waals surface area contributed by atoms with Crippen LogP contribution in [0.2, 0.25) is 0 Å². The lowest BCUT2D eigenvalue weighted by atomic mass is 10.1. The highest BCUT2D eigenvalue weighted by Gasteiger charge is 2.22. The highest BCUT2D eigenvalue weighted by molar-refractivity contribution is 6.03. The summed E-state index contributed by atoms with van der Waals surface area (Å²) in [6.45, 7) is 5.40. The highest BCUT2D eigenvalue weighted by Crippen LogP contribution is 2.25. The van der Waals surface area contributed by atoms with E-state index in [4.69, 9.17) is 10.5 Å². The third kappa shape index (κ3) is 3.50. The molecule has 1 aromatic rings. The van der Waals surface area contributed by atoms with Crippen molar-refractivity contribution < 1.29 is 14.3 Å². The number of primary amides is 1. The SMILES string of the molecule is CCCN(CCC)C(=O)c1cccc(C(N)=O)c1OC. The van der Waals surface area contributed by atoms with Crippen LogP contribution in [-0.2, 0) is 0 Å². The molecule has 0 unspecified atom stereocenters. The molecule has 0 aliphatic rings. The van der Waals surface area contributed by atoms with Crippen molar-refractivity contribution in [2.24, 2.45) is 5.73 Å². The van der Waals surface area contributed by atoms with Gasteiger partial charge in [-0.3, -0.25) is 9.59 Å². The number of hydrogen-bond donors (Lipinski definition) is 1. The zero-order valence-corrected chi connectivity index (χ0v) is 12.3. The molecule has 2 amide bonds. The van der Waals surface area contributed by atoms with Crippen molar-refractivity contribution in [3.05, 3.63) is 29.3 Å². The molecule has 5 heteroatoms. The molecule has 0 saturated carbocycles. The number of amides is 2. The van der Waals surface area contributed by atoms with E-state index in [2.05, 4.69) is 0 Å². The van der Waals surface area contributed by atoms with Crippen molar-refractivity contribution in [2.45, 2.75) is 26.7 Å². The predicted molar refractivity (Wildman–Crippen MR) is 78.0 cm³/mol. The number of ether oxygens (including phenoxy) is 1. The van der Waals surface area contributed by atoms with Crippen molar-refractivity contribution in [2.75, 3.05) is 20.2 Å². The summed E-state index contributed by atoms with van der Waals surface area (Å²) in [5, 5.41) is 0. The summed E-state index contributed by atoms with van der Waals surface area (Å²) >= 11 is 0. The molecular formula is C15H22N2O3. The van der Waals surface area contributed by atoms with Crippen molar-refractivity contribution >= 4 is 11.8 Å². The molecule has 0 aromatic heterocycles. The molecule has 110 valence electrons. The molecule has 0 heterocycles. The van der Waals surface area contributed by atoms with Crippen LogP contribution in [0.1, 0.15) is 47.4 Å². The minimum absolute atomic E-state index is 0.131. The Morgan fingerprint density at radius 1 is 1.15 bits per heavy atom. The summed E-state index contributed by atoms with van der Waals surface area (Å²) in [5.74, 6) is -0.482. The number of benzene rings is 1. The van der Waals surface area contributed by atoms with Crippen LogP contribution >= 0.6 is 0 Å². The van der Waals surface area contributed by atoms with Gasteiger partial charge in [0.2, 0.25) is 0 Å². The standard InChI is InChI=1S/C15H22N2O3/c1-4-9-17(10-5-2)15(19)12-8-6-7-11(14(16)18)13(12)20-3/h6-8H,4-5,9-10H2,1-3H3,(H2,16,18). The molecular weight excluding hydrogens is 256 g/mol. The van der Waals surface area contributed by atoms with E-state index >= 15 is 0 Å². The van der Waals surface area contributed by atoms with E-state index in [0.29, 0.717) is 18.7 Å². The number of carbonyl (C=O) groups is 2. The molecule has 0 saturated heterocycles. The summed E-state index contributed by atoms with van der Waals surface area (Å²) in [6.07, 6.45) is 1.76. The lowest BCUT2D eigenvalue weighted by Crippen LogP contribution is -2.33. The van der Waals surface area contributed by atoms with Gasteiger partial charge in [0.05, 0.1) is 18.2 Å². The van der Waals surface area contributed by atoms with Crippen molar-refractivity contribution in [1.82, 2.24) is 4.90 Å². The van der Waals surface area contributed by atoms with Gasteiger partial charge >= 0.3 is 0 Å². The molecule has 0 fully saturated rings. The van der Waals surface area contributed by atoms with Crippen LogP contribution in [0, 0.1) is 0 Å². The Labute approximate surface area is 119 Å². The van der Waals surface area contributed by atoms with Gasteiger partial charge in [-0.25, -0.2) is 0 Å². The predicted octanol–water partition coefficient (Wildman–Crippen LogP) is 2.06. The van der Waals surface area contributed by atoms with Crippen LogP contribution in [-0.4, -0.2) is 36.9 Å². The molecule has 0 radical (unpaired) electrons. The minimum atomic E-state index is -0.603. The molecule has 1 rings (SSSR count). The van der Waals surface area contributed by atoms with E-state index in [-0.39, 0.29) is 17.2 Å². The fraction of sp³-hybridized carbons (Fsp3) is 0.467. The van der Waals surface area contributed by atoms with Crippen molar-refractivity contribution in [3.8, 4) is 5.75 Å². The second-order valence-corrected chi connectivity index (χ2v) is 4.54. The maximum absolute atomic E-state index is 12.6. The van der Waals surface area contributed by atoms with Gasteiger partial charge in [-0.15, -0.1) is 0 Å². The van der Waals surface area contributed by atoms with Gasteiger partial charge in [-0.2, -0.15) is 0 Å². The highest BCUT2D eigenvalue weighted by atomic mass is 16.5. The Hall–Kier alpha value is -2.04. The molecule has 0 spiro atoms. The minimum Gasteiger partial charge on any atom is -0.495 e. The molecule has 0 aliphatic carbocycles. The first-order chi connectivity index (χ1) is 9.56. The second-order valence-electron chi connectivity index (χ2n) is 4.54. The van der Waals surface area contributed by atoms with Gasteiger partial charge in [0.15, 0.2) is 0 Å². The summed E-state index contributed by atoms with van der Waals surface area (Å²) < 4.78 is 5.22. The molecule has 20 heavy (non-hydrogen) atoms. The first kappa shape index (κ1) is 16.0. The van der Waals surface area contributed by atoms with Crippen LogP contribution < -0.4 is 10.5 Å². The van der Waals surface area contributed by atoms with Gasteiger partial charge < -0.3 is 15.4 Å². The summed E-state index contributed by atoms with van der Waals surface area (Å²) in [6, 6.07) is 4.86. The number of nitrogens with two attached hydrogens (primary N) is 1. The molecule has 2 N–H and O–H groups in total. The number of rotatable bonds is 7. The zero-order valence-electron chi connectivity index (χ0n) is 12.3.